The summed E-state index contributed by atoms with van der Waals surface area (Å²) >= 11 is 0. The summed E-state index contributed by atoms with van der Waals surface area (Å²) in [5.41, 5.74) is 4.39. The minimum Gasteiger partial charge on any atom is -0.493 e. The standard InChI is InChI=1S/C21H31N3O2/c1-15(24-18-11-12-20(25-4)21(14-18)26-5)9-10-16-13-17(22-2)7-6-8-19(16)23-3/h9-12,14,17,22-24H,1,6-8,13H2,2-5H3/b10-9+. The van der Waals surface area contributed by atoms with Crippen molar-refractivity contribution in [3.63, 3.8) is 0 Å². The van der Waals surface area contributed by atoms with Crippen LogP contribution in [-0.4, -0.2) is 34.4 Å². The third-order valence-corrected chi connectivity index (χ3v) is 4.72. The van der Waals surface area contributed by atoms with Gasteiger partial charge in [0.2, 0.25) is 0 Å². The smallest absolute Gasteiger partial charge is 0.162 e. The van der Waals surface area contributed by atoms with Crippen LogP contribution in [0.3, 0.4) is 0 Å². The molecule has 0 spiro atoms. The van der Waals surface area contributed by atoms with Crippen LogP contribution in [0.5, 0.6) is 11.5 Å². The second kappa shape index (κ2) is 9.92. The average Bonchev–Trinajstić information content (AvgIpc) is 2.87. The number of ether oxygens (including phenoxy) is 2. The molecule has 1 aliphatic rings. The third-order valence-electron chi connectivity index (χ3n) is 4.72. The highest BCUT2D eigenvalue weighted by molar-refractivity contribution is 5.58. The molecule has 1 atom stereocenters. The molecule has 5 heteroatoms. The van der Waals surface area contributed by atoms with Crippen molar-refractivity contribution >= 4 is 5.69 Å². The van der Waals surface area contributed by atoms with Gasteiger partial charge in [0, 0.05) is 36.2 Å². The highest BCUT2D eigenvalue weighted by Gasteiger charge is 2.15. The summed E-state index contributed by atoms with van der Waals surface area (Å²) in [6, 6.07) is 6.25. The largest absolute Gasteiger partial charge is 0.493 e. The van der Waals surface area contributed by atoms with E-state index in [9.17, 15) is 0 Å². The van der Waals surface area contributed by atoms with E-state index in [0.29, 0.717) is 17.5 Å². The summed E-state index contributed by atoms with van der Waals surface area (Å²) in [7, 11) is 7.30. The number of rotatable bonds is 8. The van der Waals surface area contributed by atoms with Crippen molar-refractivity contribution in [1.29, 1.82) is 0 Å². The Morgan fingerprint density at radius 3 is 2.62 bits per heavy atom. The number of benzene rings is 1. The first-order valence-electron chi connectivity index (χ1n) is 9.04. The number of nitrogens with one attached hydrogen (secondary N) is 3. The van der Waals surface area contributed by atoms with Gasteiger partial charge in [-0.3, -0.25) is 0 Å². The minimum atomic E-state index is 0.521. The van der Waals surface area contributed by atoms with Crippen LogP contribution >= 0.6 is 0 Å². The van der Waals surface area contributed by atoms with E-state index >= 15 is 0 Å². The molecule has 5 nitrogen and oxygen atoms in total. The molecule has 3 N–H and O–H groups in total. The van der Waals surface area contributed by atoms with Gasteiger partial charge in [-0.1, -0.05) is 12.7 Å². The summed E-state index contributed by atoms with van der Waals surface area (Å²) in [5.74, 6) is 1.40. The molecule has 1 aromatic carbocycles. The van der Waals surface area contributed by atoms with Gasteiger partial charge in [-0.2, -0.15) is 0 Å². The van der Waals surface area contributed by atoms with Gasteiger partial charge in [0.05, 0.1) is 14.2 Å². The number of hydrogen-bond donors (Lipinski definition) is 3. The predicted octanol–water partition coefficient (Wildman–Crippen LogP) is 3.82. The zero-order valence-corrected chi connectivity index (χ0v) is 16.3. The maximum absolute atomic E-state index is 5.34. The van der Waals surface area contributed by atoms with Crippen molar-refractivity contribution in [1.82, 2.24) is 10.6 Å². The van der Waals surface area contributed by atoms with E-state index < -0.39 is 0 Å². The molecule has 2 rings (SSSR count). The fourth-order valence-electron chi connectivity index (χ4n) is 3.22. The third kappa shape index (κ3) is 5.30. The second-order valence-electron chi connectivity index (χ2n) is 6.39. The Morgan fingerprint density at radius 2 is 1.96 bits per heavy atom. The van der Waals surface area contributed by atoms with Crippen LogP contribution in [0.4, 0.5) is 5.69 Å². The van der Waals surface area contributed by atoms with Crippen molar-refractivity contribution in [3.05, 3.63) is 53.9 Å². The van der Waals surface area contributed by atoms with Gasteiger partial charge in [-0.15, -0.1) is 0 Å². The van der Waals surface area contributed by atoms with E-state index in [-0.39, 0.29) is 0 Å². The van der Waals surface area contributed by atoms with Crippen LogP contribution in [0.2, 0.25) is 0 Å². The quantitative estimate of drug-likeness (QED) is 0.618. The fourth-order valence-corrected chi connectivity index (χ4v) is 3.22. The average molecular weight is 357 g/mol. The Bertz CT molecular complexity index is 680. The maximum atomic E-state index is 5.34. The van der Waals surface area contributed by atoms with Crippen molar-refractivity contribution < 1.29 is 9.47 Å². The van der Waals surface area contributed by atoms with Crippen molar-refractivity contribution in [3.8, 4) is 11.5 Å². The van der Waals surface area contributed by atoms with E-state index in [1.807, 2.05) is 38.4 Å². The van der Waals surface area contributed by atoms with Crippen molar-refractivity contribution in [2.45, 2.75) is 31.7 Å². The molecule has 1 aromatic rings. The summed E-state index contributed by atoms with van der Waals surface area (Å²) in [4.78, 5) is 0. The fraction of sp³-hybridized carbons (Fsp3) is 0.429. The highest BCUT2D eigenvalue weighted by Crippen LogP contribution is 2.30. The van der Waals surface area contributed by atoms with Crippen LogP contribution in [0.15, 0.2) is 53.9 Å². The first-order valence-corrected chi connectivity index (χ1v) is 9.04. The van der Waals surface area contributed by atoms with Gasteiger partial charge in [0.15, 0.2) is 11.5 Å². The Hall–Kier alpha value is -2.40. The lowest BCUT2D eigenvalue weighted by molar-refractivity contribution is 0.355. The molecule has 26 heavy (non-hydrogen) atoms. The number of methoxy groups -OCH3 is 2. The Kier molecular flexibility index (Phi) is 7.60. The number of allylic oxidation sites excluding steroid dienone is 3. The van der Waals surface area contributed by atoms with E-state index in [1.165, 1.54) is 24.1 Å². The van der Waals surface area contributed by atoms with Gasteiger partial charge < -0.3 is 25.4 Å². The first-order chi connectivity index (χ1) is 12.6. The second-order valence-corrected chi connectivity index (χ2v) is 6.39. The molecule has 0 heterocycles. The van der Waals surface area contributed by atoms with Gasteiger partial charge in [-0.25, -0.2) is 0 Å². The monoisotopic (exact) mass is 357 g/mol. The molecule has 0 saturated heterocycles. The predicted molar refractivity (Wildman–Crippen MR) is 109 cm³/mol. The molecule has 0 amide bonds. The lowest BCUT2D eigenvalue weighted by Crippen LogP contribution is -2.24. The maximum Gasteiger partial charge on any atom is 0.162 e. The van der Waals surface area contributed by atoms with E-state index in [1.54, 1.807) is 14.2 Å². The molecule has 0 bridgehead atoms. The van der Waals surface area contributed by atoms with E-state index in [4.69, 9.17) is 9.47 Å². The zero-order chi connectivity index (χ0) is 18.9. The van der Waals surface area contributed by atoms with Crippen LogP contribution < -0.4 is 25.4 Å². The summed E-state index contributed by atoms with van der Waals surface area (Å²) < 4.78 is 10.6. The lowest BCUT2D eigenvalue weighted by atomic mass is 10.0. The molecule has 1 aliphatic carbocycles. The molecule has 0 aromatic heterocycles. The molecule has 0 radical (unpaired) electrons. The Balaban J connectivity index is 2.09. The van der Waals surface area contributed by atoms with Crippen LogP contribution in [0.1, 0.15) is 25.7 Å². The molecule has 142 valence electrons. The summed E-state index contributed by atoms with van der Waals surface area (Å²) in [6.07, 6.45) is 8.70. The highest BCUT2D eigenvalue weighted by atomic mass is 16.5. The van der Waals surface area contributed by atoms with E-state index in [2.05, 4.69) is 28.6 Å². The van der Waals surface area contributed by atoms with Crippen molar-refractivity contribution in [2.75, 3.05) is 33.6 Å². The van der Waals surface area contributed by atoms with Crippen LogP contribution in [0, 0.1) is 0 Å². The minimum absolute atomic E-state index is 0.521. The lowest BCUT2D eigenvalue weighted by Gasteiger charge is -2.15. The van der Waals surface area contributed by atoms with Gasteiger partial charge >= 0.3 is 0 Å². The molecular formula is C21H31N3O2. The van der Waals surface area contributed by atoms with Crippen LogP contribution in [0.25, 0.3) is 0 Å². The molecule has 0 fully saturated rings. The topological polar surface area (TPSA) is 54.5 Å². The molecule has 0 saturated carbocycles. The molecule has 0 aliphatic heterocycles. The SMILES string of the molecule is C=C(/C=C/C1=C(NC)CCCC(NC)C1)Nc1ccc(OC)c(OC)c1. The normalized spacial score (nSPS) is 17.8. The Morgan fingerprint density at radius 1 is 1.19 bits per heavy atom. The zero-order valence-electron chi connectivity index (χ0n) is 16.3. The molecule has 1 unspecified atom stereocenters. The van der Waals surface area contributed by atoms with E-state index in [0.717, 1.165) is 24.2 Å². The summed E-state index contributed by atoms with van der Waals surface area (Å²) in [5, 5.41) is 10.1. The summed E-state index contributed by atoms with van der Waals surface area (Å²) in [6.45, 7) is 4.12. The van der Waals surface area contributed by atoms with Crippen molar-refractivity contribution in [2.24, 2.45) is 0 Å². The van der Waals surface area contributed by atoms with Gasteiger partial charge in [0.25, 0.3) is 0 Å². The number of anilines is 1. The van der Waals surface area contributed by atoms with Gasteiger partial charge in [0.1, 0.15) is 0 Å². The van der Waals surface area contributed by atoms with Gasteiger partial charge in [-0.05, 0) is 56.5 Å². The number of hydrogen-bond acceptors (Lipinski definition) is 5. The van der Waals surface area contributed by atoms with Crippen LogP contribution in [-0.2, 0) is 0 Å². The molecular weight excluding hydrogens is 326 g/mol. The first kappa shape index (κ1) is 19.9. The Labute approximate surface area is 157 Å².